The SMILES string of the molecule is O=c1[nH]c(N2CCCCC2)nc2ccc(Cl)cc12. The molecule has 4 nitrogen and oxygen atoms in total. The van der Waals surface area contributed by atoms with Gasteiger partial charge in [0.25, 0.3) is 5.56 Å². The van der Waals surface area contributed by atoms with E-state index < -0.39 is 0 Å². The molecule has 94 valence electrons. The van der Waals surface area contributed by atoms with Crippen LogP contribution in [0.3, 0.4) is 0 Å². The van der Waals surface area contributed by atoms with Gasteiger partial charge < -0.3 is 4.90 Å². The molecule has 1 fully saturated rings. The average molecular weight is 264 g/mol. The van der Waals surface area contributed by atoms with Gasteiger partial charge in [-0.3, -0.25) is 9.78 Å². The zero-order chi connectivity index (χ0) is 12.5. The molecule has 18 heavy (non-hydrogen) atoms. The number of benzene rings is 1. The molecule has 0 bridgehead atoms. The van der Waals surface area contributed by atoms with Crippen LogP contribution in [0, 0.1) is 0 Å². The first-order valence-corrected chi connectivity index (χ1v) is 6.56. The number of aromatic nitrogens is 2. The van der Waals surface area contributed by atoms with Crippen LogP contribution in [0.5, 0.6) is 0 Å². The molecule has 1 saturated heterocycles. The van der Waals surface area contributed by atoms with Crippen molar-refractivity contribution in [1.82, 2.24) is 9.97 Å². The summed E-state index contributed by atoms with van der Waals surface area (Å²) in [5.41, 5.74) is 0.576. The Morgan fingerprint density at radius 2 is 2.00 bits per heavy atom. The molecular formula is C13H14ClN3O. The van der Waals surface area contributed by atoms with Gasteiger partial charge in [0.15, 0.2) is 0 Å². The number of piperidine rings is 1. The first kappa shape index (κ1) is 11.5. The van der Waals surface area contributed by atoms with Crippen molar-refractivity contribution in [2.75, 3.05) is 18.0 Å². The van der Waals surface area contributed by atoms with Gasteiger partial charge in [0.2, 0.25) is 5.95 Å². The third kappa shape index (κ3) is 2.08. The molecule has 0 unspecified atom stereocenters. The van der Waals surface area contributed by atoms with Crippen molar-refractivity contribution >= 4 is 28.5 Å². The topological polar surface area (TPSA) is 49.0 Å². The third-order valence-electron chi connectivity index (χ3n) is 3.31. The number of hydrogen-bond acceptors (Lipinski definition) is 3. The molecule has 0 saturated carbocycles. The number of halogens is 1. The van der Waals surface area contributed by atoms with Gasteiger partial charge in [0, 0.05) is 18.1 Å². The van der Waals surface area contributed by atoms with Gasteiger partial charge in [0.1, 0.15) is 0 Å². The molecule has 0 radical (unpaired) electrons. The largest absolute Gasteiger partial charge is 0.342 e. The summed E-state index contributed by atoms with van der Waals surface area (Å²) in [7, 11) is 0. The minimum Gasteiger partial charge on any atom is -0.342 e. The summed E-state index contributed by atoms with van der Waals surface area (Å²) < 4.78 is 0. The zero-order valence-electron chi connectivity index (χ0n) is 9.95. The summed E-state index contributed by atoms with van der Waals surface area (Å²) in [6.07, 6.45) is 3.56. The summed E-state index contributed by atoms with van der Waals surface area (Å²) >= 11 is 5.89. The summed E-state index contributed by atoms with van der Waals surface area (Å²) in [5, 5.41) is 1.10. The van der Waals surface area contributed by atoms with Crippen molar-refractivity contribution in [3.63, 3.8) is 0 Å². The maximum Gasteiger partial charge on any atom is 0.260 e. The molecular weight excluding hydrogens is 250 g/mol. The molecule has 2 heterocycles. The van der Waals surface area contributed by atoms with Gasteiger partial charge >= 0.3 is 0 Å². The third-order valence-corrected chi connectivity index (χ3v) is 3.55. The molecule has 1 N–H and O–H groups in total. The Kier molecular flexibility index (Phi) is 2.96. The molecule has 1 aliphatic rings. The van der Waals surface area contributed by atoms with Crippen LogP contribution in [0.2, 0.25) is 5.02 Å². The molecule has 3 rings (SSSR count). The van der Waals surface area contributed by atoms with Crippen molar-refractivity contribution in [1.29, 1.82) is 0 Å². The summed E-state index contributed by atoms with van der Waals surface area (Å²) in [4.78, 5) is 21.5. The predicted octanol–water partition coefficient (Wildman–Crippen LogP) is 2.57. The van der Waals surface area contributed by atoms with Crippen LogP contribution >= 0.6 is 11.6 Å². The maximum atomic E-state index is 12.0. The Morgan fingerprint density at radius 3 is 2.78 bits per heavy atom. The number of nitrogens with one attached hydrogen (secondary N) is 1. The van der Waals surface area contributed by atoms with Crippen LogP contribution in [-0.2, 0) is 0 Å². The Labute approximate surface area is 110 Å². The highest BCUT2D eigenvalue weighted by Crippen LogP contribution is 2.19. The van der Waals surface area contributed by atoms with Crippen molar-refractivity contribution < 1.29 is 0 Å². The van der Waals surface area contributed by atoms with Crippen LogP contribution < -0.4 is 10.5 Å². The molecule has 0 spiro atoms. The standard InChI is InChI=1S/C13H14ClN3O/c14-9-4-5-11-10(8-9)12(18)16-13(15-11)17-6-2-1-3-7-17/h4-5,8H,1-3,6-7H2,(H,15,16,18). The lowest BCUT2D eigenvalue weighted by atomic mass is 10.1. The van der Waals surface area contributed by atoms with Crippen molar-refractivity contribution in [2.45, 2.75) is 19.3 Å². The van der Waals surface area contributed by atoms with E-state index in [0.29, 0.717) is 21.9 Å². The van der Waals surface area contributed by atoms with E-state index in [-0.39, 0.29) is 5.56 Å². The fraction of sp³-hybridized carbons (Fsp3) is 0.385. The molecule has 0 amide bonds. The first-order chi connectivity index (χ1) is 8.74. The van der Waals surface area contributed by atoms with Crippen LogP contribution in [-0.4, -0.2) is 23.1 Å². The van der Waals surface area contributed by atoms with E-state index in [2.05, 4.69) is 14.9 Å². The number of H-pyrrole nitrogens is 1. The first-order valence-electron chi connectivity index (χ1n) is 6.18. The Bertz CT molecular complexity index is 632. The average Bonchev–Trinajstić information content (AvgIpc) is 2.40. The number of fused-ring (bicyclic) bond motifs is 1. The lowest BCUT2D eigenvalue weighted by Crippen LogP contribution is -2.32. The molecule has 0 aliphatic carbocycles. The van der Waals surface area contributed by atoms with Crippen LogP contribution in [0.25, 0.3) is 10.9 Å². The van der Waals surface area contributed by atoms with Crippen LogP contribution in [0.4, 0.5) is 5.95 Å². The maximum absolute atomic E-state index is 12.0. The van der Waals surface area contributed by atoms with Gasteiger partial charge in [0.05, 0.1) is 10.9 Å². The summed E-state index contributed by atoms with van der Waals surface area (Å²) in [5.74, 6) is 0.675. The van der Waals surface area contributed by atoms with E-state index >= 15 is 0 Å². The Balaban J connectivity index is 2.09. The van der Waals surface area contributed by atoms with Crippen LogP contribution in [0.15, 0.2) is 23.0 Å². The molecule has 1 aromatic heterocycles. The smallest absolute Gasteiger partial charge is 0.260 e. The monoisotopic (exact) mass is 263 g/mol. The Hall–Kier alpha value is -1.55. The number of aromatic amines is 1. The highest BCUT2D eigenvalue weighted by atomic mass is 35.5. The lowest BCUT2D eigenvalue weighted by Gasteiger charge is -2.27. The van der Waals surface area contributed by atoms with E-state index in [1.54, 1.807) is 18.2 Å². The minimum absolute atomic E-state index is 0.122. The van der Waals surface area contributed by atoms with Crippen molar-refractivity contribution in [3.8, 4) is 0 Å². The van der Waals surface area contributed by atoms with Crippen molar-refractivity contribution in [3.05, 3.63) is 33.6 Å². The second kappa shape index (κ2) is 4.61. The highest BCUT2D eigenvalue weighted by Gasteiger charge is 2.14. The van der Waals surface area contributed by atoms with Gasteiger partial charge in [-0.05, 0) is 37.5 Å². The fourth-order valence-electron chi connectivity index (χ4n) is 2.35. The molecule has 0 atom stereocenters. The Morgan fingerprint density at radius 1 is 1.22 bits per heavy atom. The fourth-order valence-corrected chi connectivity index (χ4v) is 2.53. The molecule has 1 aromatic carbocycles. The second-order valence-electron chi connectivity index (χ2n) is 4.60. The molecule has 5 heteroatoms. The summed E-state index contributed by atoms with van der Waals surface area (Å²) in [6.45, 7) is 1.92. The number of hydrogen-bond donors (Lipinski definition) is 1. The van der Waals surface area contributed by atoms with Gasteiger partial charge in [-0.1, -0.05) is 11.6 Å². The normalized spacial score (nSPS) is 16.2. The quantitative estimate of drug-likeness (QED) is 0.860. The second-order valence-corrected chi connectivity index (χ2v) is 5.04. The van der Waals surface area contributed by atoms with Crippen molar-refractivity contribution in [2.24, 2.45) is 0 Å². The number of rotatable bonds is 1. The van der Waals surface area contributed by atoms with Gasteiger partial charge in [-0.2, -0.15) is 0 Å². The molecule has 1 aliphatic heterocycles. The van der Waals surface area contributed by atoms with E-state index in [0.717, 1.165) is 25.9 Å². The summed E-state index contributed by atoms with van der Waals surface area (Å²) in [6, 6.07) is 5.21. The number of nitrogens with zero attached hydrogens (tertiary/aromatic N) is 2. The van der Waals surface area contributed by atoms with E-state index in [9.17, 15) is 4.79 Å². The van der Waals surface area contributed by atoms with Crippen LogP contribution in [0.1, 0.15) is 19.3 Å². The lowest BCUT2D eigenvalue weighted by molar-refractivity contribution is 0.568. The predicted molar refractivity (Wildman–Crippen MR) is 73.4 cm³/mol. The van der Waals surface area contributed by atoms with E-state index in [1.807, 2.05) is 0 Å². The highest BCUT2D eigenvalue weighted by molar-refractivity contribution is 6.31. The zero-order valence-corrected chi connectivity index (χ0v) is 10.7. The number of anilines is 1. The minimum atomic E-state index is -0.122. The van der Waals surface area contributed by atoms with E-state index in [1.165, 1.54) is 6.42 Å². The van der Waals surface area contributed by atoms with Gasteiger partial charge in [-0.25, -0.2) is 4.98 Å². The van der Waals surface area contributed by atoms with Gasteiger partial charge in [-0.15, -0.1) is 0 Å². The van der Waals surface area contributed by atoms with E-state index in [4.69, 9.17) is 11.6 Å². The molecule has 2 aromatic rings.